The fourth-order valence-electron chi connectivity index (χ4n) is 4.82. The molecule has 1 saturated heterocycles. The molecule has 6 nitrogen and oxygen atoms in total. The standard InChI is InChI=1S/C21H29N3O3/c1-5-15-6-8-16(9-7-15)22-17(25)12-24-18(26)21(23-19(24)27)11-14(2)10-20(3,4)13-21/h6-9,14H,5,10-13H2,1-4H3,(H,22,25)(H,23,27). The quantitative estimate of drug-likeness (QED) is 0.797. The van der Waals surface area contributed by atoms with E-state index < -0.39 is 11.6 Å². The fraction of sp³-hybridized carbons (Fsp3) is 0.571. The van der Waals surface area contributed by atoms with E-state index in [-0.39, 0.29) is 23.8 Å². The van der Waals surface area contributed by atoms with E-state index in [0.717, 1.165) is 17.7 Å². The van der Waals surface area contributed by atoms with Crippen molar-refractivity contribution in [2.45, 2.75) is 58.9 Å². The molecule has 2 atom stereocenters. The molecule has 1 saturated carbocycles. The average molecular weight is 371 g/mol. The second-order valence-corrected chi connectivity index (χ2v) is 8.86. The van der Waals surface area contributed by atoms with Gasteiger partial charge in [-0.2, -0.15) is 0 Å². The van der Waals surface area contributed by atoms with Gasteiger partial charge in [0.15, 0.2) is 0 Å². The second-order valence-electron chi connectivity index (χ2n) is 8.86. The van der Waals surface area contributed by atoms with Crippen molar-refractivity contribution >= 4 is 23.5 Å². The second kappa shape index (κ2) is 6.98. The molecule has 0 radical (unpaired) electrons. The number of carbonyl (C=O) groups excluding carboxylic acids is 3. The summed E-state index contributed by atoms with van der Waals surface area (Å²) in [5, 5.41) is 5.66. The minimum atomic E-state index is -0.874. The fourth-order valence-corrected chi connectivity index (χ4v) is 4.82. The molecule has 2 fully saturated rings. The zero-order valence-corrected chi connectivity index (χ0v) is 16.6. The van der Waals surface area contributed by atoms with E-state index in [2.05, 4.69) is 38.3 Å². The molecular weight excluding hydrogens is 342 g/mol. The van der Waals surface area contributed by atoms with Crippen LogP contribution in [0.1, 0.15) is 52.5 Å². The first-order valence-electron chi connectivity index (χ1n) is 9.67. The monoisotopic (exact) mass is 371 g/mol. The topological polar surface area (TPSA) is 78.5 Å². The molecule has 1 spiro atoms. The Kier molecular flexibility index (Phi) is 5.02. The minimum Gasteiger partial charge on any atom is -0.325 e. The van der Waals surface area contributed by atoms with E-state index in [1.54, 1.807) is 0 Å². The van der Waals surface area contributed by atoms with E-state index in [9.17, 15) is 14.4 Å². The summed E-state index contributed by atoms with van der Waals surface area (Å²) >= 11 is 0. The zero-order chi connectivity index (χ0) is 19.8. The predicted molar refractivity (Wildman–Crippen MR) is 104 cm³/mol. The number of urea groups is 1. The molecule has 2 N–H and O–H groups in total. The van der Waals surface area contributed by atoms with Crippen LogP contribution in [-0.2, 0) is 16.0 Å². The SMILES string of the molecule is CCc1ccc(NC(=O)CN2C(=O)NC3(CC(C)CC(C)(C)C3)C2=O)cc1. The van der Waals surface area contributed by atoms with E-state index in [0.29, 0.717) is 24.4 Å². The zero-order valence-electron chi connectivity index (χ0n) is 16.6. The van der Waals surface area contributed by atoms with Crippen molar-refractivity contribution in [3.05, 3.63) is 29.8 Å². The van der Waals surface area contributed by atoms with Crippen LogP contribution in [0.15, 0.2) is 24.3 Å². The van der Waals surface area contributed by atoms with Crippen molar-refractivity contribution in [3.8, 4) is 0 Å². The molecule has 1 aliphatic heterocycles. The van der Waals surface area contributed by atoms with Gasteiger partial charge in [-0.05, 0) is 54.7 Å². The van der Waals surface area contributed by atoms with Gasteiger partial charge in [-0.15, -0.1) is 0 Å². The number of nitrogens with zero attached hydrogens (tertiary/aromatic N) is 1. The van der Waals surface area contributed by atoms with Crippen LogP contribution in [0.25, 0.3) is 0 Å². The maximum atomic E-state index is 13.1. The molecule has 1 aromatic carbocycles. The van der Waals surface area contributed by atoms with Crippen molar-refractivity contribution in [1.29, 1.82) is 0 Å². The molecule has 1 heterocycles. The summed E-state index contributed by atoms with van der Waals surface area (Å²) in [6.07, 6.45) is 3.17. The van der Waals surface area contributed by atoms with Gasteiger partial charge < -0.3 is 10.6 Å². The number of benzene rings is 1. The normalized spacial score (nSPS) is 27.0. The van der Waals surface area contributed by atoms with Crippen LogP contribution in [0.5, 0.6) is 0 Å². The summed E-state index contributed by atoms with van der Waals surface area (Å²) in [7, 11) is 0. The highest BCUT2D eigenvalue weighted by molar-refractivity contribution is 6.10. The van der Waals surface area contributed by atoms with Crippen molar-refractivity contribution in [2.24, 2.45) is 11.3 Å². The number of aryl methyl sites for hydroxylation is 1. The molecule has 4 amide bonds. The molecule has 1 aliphatic carbocycles. The van der Waals surface area contributed by atoms with Gasteiger partial charge in [-0.25, -0.2) is 4.79 Å². The van der Waals surface area contributed by atoms with Gasteiger partial charge >= 0.3 is 6.03 Å². The van der Waals surface area contributed by atoms with Gasteiger partial charge in [0.2, 0.25) is 5.91 Å². The van der Waals surface area contributed by atoms with Crippen LogP contribution >= 0.6 is 0 Å². The highest BCUT2D eigenvalue weighted by atomic mass is 16.2. The lowest BCUT2D eigenvalue weighted by Crippen LogP contribution is -2.54. The number of carbonyl (C=O) groups is 3. The van der Waals surface area contributed by atoms with Crippen LogP contribution in [0.2, 0.25) is 0 Å². The largest absolute Gasteiger partial charge is 0.325 e. The highest BCUT2D eigenvalue weighted by Crippen LogP contribution is 2.46. The summed E-state index contributed by atoms with van der Waals surface area (Å²) in [5.74, 6) is -0.310. The van der Waals surface area contributed by atoms with Gasteiger partial charge in [-0.1, -0.05) is 39.8 Å². The predicted octanol–water partition coefficient (Wildman–Crippen LogP) is 3.32. The van der Waals surface area contributed by atoms with Crippen LogP contribution < -0.4 is 10.6 Å². The molecular formula is C21H29N3O3. The summed E-state index contributed by atoms with van der Waals surface area (Å²) < 4.78 is 0. The third kappa shape index (κ3) is 3.99. The van der Waals surface area contributed by atoms with Crippen molar-refractivity contribution in [2.75, 3.05) is 11.9 Å². The number of hydrogen-bond acceptors (Lipinski definition) is 3. The molecule has 3 rings (SSSR count). The number of anilines is 1. The van der Waals surface area contributed by atoms with Gasteiger partial charge in [0.25, 0.3) is 5.91 Å². The number of imide groups is 1. The lowest BCUT2D eigenvalue weighted by atomic mass is 9.64. The first-order chi connectivity index (χ1) is 12.6. The number of hydrogen-bond donors (Lipinski definition) is 2. The molecule has 1 aromatic rings. The van der Waals surface area contributed by atoms with Gasteiger partial charge in [0, 0.05) is 5.69 Å². The molecule has 27 heavy (non-hydrogen) atoms. The molecule has 0 aromatic heterocycles. The van der Waals surface area contributed by atoms with Gasteiger partial charge in [0.1, 0.15) is 12.1 Å². The third-order valence-electron chi connectivity index (χ3n) is 5.57. The smallest absolute Gasteiger partial charge is 0.325 e. The Labute approximate surface area is 160 Å². The van der Waals surface area contributed by atoms with E-state index in [4.69, 9.17) is 0 Å². The lowest BCUT2D eigenvalue weighted by molar-refractivity contribution is -0.136. The summed E-state index contributed by atoms with van der Waals surface area (Å²) in [4.78, 5) is 39.0. The molecule has 6 heteroatoms. The third-order valence-corrected chi connectivity index (χ3v) is 5.57. The number of amides is 4. The molecule has 146 valence electrons. The van der Waals surface area contributed by atoms with E-state index in [1.165, 1.54) is 5.56 Å². The summed E-state index contributed by atoms with van der Waals surface area (Å²) in [6.45, 7) is 8.15. The van der Waals surface area contributed by atoms with Crippen LogP contribution in [0.4, 0.5) is 10.5 Å². The Bertz CT molecular complexity index is 756. The van der Waals surface area contributed by atoms with Crippen LogP contribution in [0.3, 0.4) is 0 Å². The molecule has 2 aliphatic rings. The average Bonchev–Trinajstić information content (AvgIpc) is 2.77. The highest BCUT2D eigenvalue weighted by Gasteiger charge is 2.56. The lowest BCUT2D eigenvalue weighted by Gasteiger charge is -2.43. The minimum absolute atomic E-state index is 0.0279. The van der Waals surface area contributed by atoms with E-state index in [1.807, 2.05) is 24.3 Å². The Hall–Kier alpha value is -2.37. The molecule has 0 bridgehead atoms. The van der Waals surface area contributed by atoms with Crippen molar-refractivity contribution < 1.29 is 14.4 Å². The Morgan fingerprint density at radius 3 is 2.48 bits per heavy atom. The summed E-state index contributed by atoms with van der Waals surface area (Å²) in [5.41, 5.74) is 0.936. The number of nitrogens with one attached hydrogen (secondary N) is 2. The Morgan fingerprint density at radius 1 is 1.22 bits per heavy atom. The maximum Gasteiger partial charge on any atom is 0.325 e. The van der Waals surface area contributed by atoms with Crippen LogP contribution in [0, 0.1) is 11.3 Å². The van der Waals surface area contributed by atoms with Crippen LogP contribution in [-0.4, -0.2) is 34.8 Å². The summed E-state index contributed by atoms with van der Waals surface area (Å²) in [6, 6.07) is 7.08. The van der Waals surface area contributed by atoms with Crippen molar-refractivity contribution in [1.82, 2.24) is 10.2 Å². The van der Waals surface area contributed by atoms with Crippen molar-refractivity contribution in [3.63, 3.8) is 0 Å². The Balaban J connectivity index is 1.69. The van der Waals surface area contributed by atoms with Gasteiger partial charge in [-0.3, -0.25) is 14.5 Å². The first kappa shape index (κ1) is 19.4. The first-order valence-corrected chi connectivity index (χ1v) is 9.67. The van der Waals surface area contributed by atoms with E-state index >= 15 is 0 Å². The van der Waals surface area contributed by atoms with Gasteiger partial charge in [0.05, 0.1) is 0 Å². The molecule has 2 unspecified atom stereocenters. The number of rotatable bonds is 4. The maximum absolute atomic E-state index is 13.1. The Morgan fingerprint density at radius 2 is 1.89 bits per heavy atom.